The van der Waals surface area contributed by atoms with Gasteiger partial charge in [-0.05, 0) is 58.3 Å². The first-order chi connectivity index (χ1) is 20.3. The van der Waals surface area contributed by atoms with Gasteiger partial charge in [-0.25, -0.2) is 19.3 Å². The van der Waals surface area contributed by atoms with Gasteiger partial charge in [0, 0.05) is 46.3 Å². The lowest BCUT2D eigenvalue weighted by Gasteiger charge is -2.37. The molecule has 15 nitrogen and oxygen atoms in total. The van der Waals surface area contributed by atoms with E-state index in [4.69, 9.17) is 18.9 Å². The van der Waals surface area contributed by atoms with E-state index in [1.807, 2.05) is 4.90 Å². The van der Waals surface area contributed by atoms with Crippen LogP contribution in [0.1, 0.15) is 46.5 Å². The molecule has 0 saturated heterocycles. The Morgan fingerprint density at radius 1 is 0.721 bits per heavy atom. The van der Waals surface area contributed by atoms with Crippen molar-refractivity contribution in [1.82, 2.24) is 9.80 Å². The second-order valence-corrected chi connectivity index (χ2v) is 9.41. The van der Waals surface area contributed by atoms with Gasteiger partial charge in [-0.3, -0.25) is 0 Å². The summed E-state index contributed by atoms with van der Waals surface area (Å²) in [6.45, 7) is 4.83. The molecule has 0 aromatic rings. The van der Waals surface area contributed by atoms with Crippen LogP contribution >= 0.6 is 0 Å². The van der Waals surface area contributed by atoms with E-state index in [9.17, 15) is 45.0 Å². The van der Waals surface area contributed by atoms with E-state index >= 15 is 0 Å². The van der Waals surface area contributed by atoms with Crippen LogP contribution in [0.4, 0.5) is 0 Å². The van der Waals surface area contributed by atoms with E-state index in [0.717, 1.165) is 0 Å². The molecule has 0 radical (unpaired) electrons. The molecule has 248 valence electrons. The monoisotopic (exact) mass is 620 g/mol. The van der Waals surface area contributed by atoms with Gasteiger partial charge in [0.05, 0.1) is 32.5 Å². The maximum absolute atomic E-state index is 11.7. The number of ether oxygens (including phenoxy) is 4. The average molecular weight is 621 g/mol. The standard InChI is InChI=1S/C28H48N2O13/c1-5-22(32)25(35)41-16-8-12-29(13-9-17-42-26(36)23(33)6-2)15-11-28(38,39)30(19-21(31)20-40-4)14-10-18-43-27(37)24(34)7-3/h5-7,21,31-34,38-39H,8-20H2,1-4H3. The minimum Gasteiger partial charge on any atom is -0.502 e. The highest BCUT2D eigenvalue weighted by atomic mass is 16.6. The molecule has 0 spiro atoms. The van der Waals surface area contributed by atoms with Crippen LogP contribution in [0, 0.1) is 0 Å². The zero-order chi connectivity index (χ0) is 32.8. The SMILES string of the molecule is CC=C(O)C(=O)OCCCN(CCCOC(=O)C(O)=CC)CCC(O)(O)N(CCCOC(=O)C(O)=CC)CC(O)COC. The van der Waals surface area contributed by atoms with Gasteiger partial charge in [-0.2, -0.15) is 0 Å². The molecule has 0 aliphatic rings. The Bertz CT molecular complexity index is 896. The summed E-state index contributed by atoms with van der Waals surface area (Å²) < 4.78 is 19.9. The summed E-state index contributed by atoms with van der Waals surface area (Å²) >= 11 is 0. The molecule has 0 rings (SSSR count). The van der Waals surface area contributed by atoms with Gasteiger partial charge < -0.3 is 54.5 Å². The Kier molecular flexibility index (Phi) is 20.7. The molecule has 0 aromatic heterocycles. The molecule has 1 atom stereocenters. The molecule has 15 heteroatoms. The quantitative estimate of drug-likeness (QED) is 0.0233. The molecule has 0 heterocycles. The van der Waals surface area contributed by atoms with E-state index < -0.39 is 47.2 Å². The van der Waals surface area contributed by atoms with Crippen molar-refractivity contribution in [1.29, 1.82) is 0 Å². The second-order valence-electron chi connectivity index (χ2n) is 9.41. The van der Waals surface area contributed by atoms with Crippen molar-refractivity contribution in [2.45, 2.75) is 58.5 Å². The lowest BCUT2D eigenvalue weighted by molar-refractivity contribution is -0.274. The number of allylic oxidation sites excluding steroid dienone is 3. The topological polar surface area (TPSA) is 216 Å². The lowest BCUT2D eigenvalue weighted by atomic mass is 10.2. The maximum Gasteiger partial charge on any atom is 0.373 e. The number of rotatable bonds is 23. The molecule has 0 aromatic carbocycles. The molecule has 43 heavy (non-hydrogen) atoms. The first-order valence-electron chi connectivity index (χ1n) is 14.0. The molecule has 0 saturated carbocycles. The second kappa shape index (κ2) is 22.3. The van der Waals surface area contributed by atoms with Gasteiger partial charge >= 0.3 is 17.9 Å². The molecule has 0 aliphatic carbocycles. The molecular formula is C28H48N2O13. The van der Waals surface area contributed by atoms with E-state index in [1.165, 1.54) is 51.0 Å². The molecule has 0 amide bonds. The van der Waals surface area contributed by atoms with E-state index in [1.54, 1.807) is 0 Å². The fourth-order valence-corrected chi connectivity index (χ4v) is 3.62. The van der Waals surface area contributed by atoms with Crippen molar-refractivity contribution in [2.24, 2.45) is 0 Å². The molecule has 0 aliphatic heterocycles. The van der Waals surface area contributed by atoms with Gasteiger partial charge in [-0.15, -0.1) is 0 Å². The van der Waals surface area contributed by atoms with Crippen molar-refractivity contribution in [3.8, 4) is 0 Å². The smallest absolute Gasteiger partial charge is 0.373 e. The van der Waals surface area contributed by atoms with Crippen molar-refractivity contribution >= 4 is 17.9 Å². The van der Waals surface area contributed by atoms with Crippen LogP contribution in [0.5, 0.6) is 0 Å². The Morgan fingerprint density at radius 2 is 1.12 bits per heavy atom. The van der Waals surface area contributed by atoms with Crippen LogP contribution in [0.3, 0.4) is 0 Å². The summed E-state index contributed by atoms with van der Waals surface area (Å²) in [7, 11) is 1.39. The Morgan fingerprint density at radius 3 is 1.49 bits per heavy atom. The number of hydrogen-bond donors (Lipinski definition) is 6. The minimum absolute atomic E-state index is 0.00639. The van der Waals surface area contributed by atoms with E-state index in [-0.39, 0.29) is 58.9 Å². The molecule has 0 fully saturated rings. The number of hydrogen-bond acceptors (Lipinski definition) is 15. The number of esters is 3. The largest absolute Gasteiger partial charge is 0.502 e. The van der Waals surface area contributed by atoms with Gasteiger partial charge in [0.1, 0.15) is 0 Å². The van der Waals surface area contributed by atoms with Crippen LogP contribution in [0.25, 0.3) is 0 Å². The third-order valence-corrected chi connectivity index (χ3v) is 6.02. The number of aliphatic hydroxyl groups is 6. The average Bonchev–Trinajstić information content (AvgIpc) is 2.99. The number of carbonyl (C=O) groups excluding carboxylic acids is 3. The van der Waals surface area contributed by atoms with Crippen molar-refractivity contribution < 1.29 is 64.0 Å². The maximum atomic E-state index is 11.7. The number of carbonyl (C=O) groups is 3. The van der Waals surface area contributed by atoms with Gasteiger partial charge in [0.25, 0.3) is 0 Å². The lowest BCUT2D eigenvalue weighted by Crippen LogP contribution is -2.54. The van der Waals surface area contributed by atoms with Gasteiger partial charge in [0.2, 0.25) is 5.91 Å². The Balaban J connectivity index is 5.33. The fraction of sp³-hybridized carbons (Fsp3) is 0.679. The molecule has 1 unspecified atom stereocenters. The predicted octanol–water partition coefficient (Wildman–Crippen LogP) is 0.812. The van der Waals surface area contributed by atoms with Crippen molar-refractivity contribution in [2.75, 3.05) is 66.3 Å². The summed E-state index contributed by atoms with van der Waals surface area (Å²) in [5.74, 6) is -6.64. The zero-order valence-electron chi connectivity index (χ0n) is 25.4. The zero-order valence-corrected chi connectivity index (χ0v) is 25.4. The summed E-state index contributed by atoms with van der Waals surface area (Å²) in [5, 5.41) is 60.5. The highest BCUT2D eigenvalue weighted by Crippen LogP contribution is 2.17. The van der Waals surface area contributed by atoms with Crippen LogP contribution in [0.15, 0.2) is 35.5 Å². The van der Waals surface area contributed by atoms with Crippen molar-refractivity contribution in [3.63, 3.8) is 0 Å². The first-order valence-corrected chi connectivity index (χ1v) is 14.0. The summed E-state index contributed by atoms with van der Waals surface area (Å²) in [5.41, 5.74) is 0. The minimum atomic E-state index is -2.41. The Labute approximate surface area is 252 Å². The van der Waals surface area contributed by atoms with Crippen LogP contribution < -0.4 is 0 Å². The van der Waals surface area contributed by atoms with E-state index in [0.29, 0.717) is 25.9 Å². The van der Waals surface area contributed by atoms with Gasteiger partial charge in [-0.1, -0.05) is 0 Å². The van der Waals surface area contributed by atoms with Crippen LogP contribution in [-0.4, -0.2) is 137 Å². The fourth-order valence-electron chi connectivity index (χ4n) is 3.62. The molecule has 0 bridgehead atoms. The summed E-state index contributed by atoms with van der Waals surface area (Å²) in [4.78, 5) is 38.0. The summed E-state index contributed by atoms with van der Waals surface area (Å²) in [6, 6.07) is 0. The number of methoxy groups -OCH3 is 1. The number of nitrogens with zero attached hydrogens (tertiary/aromatic N) is 2. The van der Waals surface area contributed by atoms with E-state index in [2.05, 4.69) is 0 Å². The predicted molar refractivity (Wildman–Crippen MR) is 154 cm³/mol. The van der Waals surface area contributed by atoms with Crippen LogP contribution in [-0.2, 0) is 33.3 Å². The molecular weight excluding hydrogens is 572 g/mol. The number of aliphatic hydroxyl groups excluding tert-OH is 4. The third kappa shape index (κ3) is 17.5. The molecule has 6 N–H and O–H groups in total. The van der Waals surface area contributed by atoms with Crippen molar-refractivity contribution in [3.05, 3.63) is 35.5 Å². The van der Waals surface area contributed by atoms with Gasteiger partial charge in [0.15, 0.2) is 17.3 Å². The third-order valence-electron chi connectivity index (χ3n) is 6.02. The van der Waals surface area contributed by atoms with Crippen LogP contribution in [0.2, 0.25) is 0 Å². The first kappa shape index (κ1) is 39.8. The summed E-state index contributed by atoms with van der Waals surface area (Å²) in [6.07, 6.45) is 3.15. The Hall–Kier alpha value is -3.21. The highest BCUT2D eigenvalue weighted by molar-refractivity contribution is 5.86. The normalized spacial score (nSPS) is 13.7. The highest BCUT2D eigenvalue weighted by Gasteiger charge is 2.33.